The first-order valence-electron chi connectivity index (χ1n) is 39.0. The second kappa shape index (κ2) is 49.1. The zero-order valence-electron chi connectivity index (χ0n) is 65.8. The number of ether oxygens (including phenoxy) is 10. The fraction of sp³-hybridized carbons (Fsp3) is 0.829. The Kier molecular flexibility index (Phi) is 41.4. The van der Waals surface area contributed by atoms with Crippen LogP contribution in [0.25, 0.3) is 0 Å². The Hall–Kier alpha value is -7.16. The van der Waals surface area contributed by atoms with Crippen LogP contribution in [-0.2, 0) is 110 Å². The number of rotatable bonds is 46. The van der Waals surface area contributed by atoms with Crippen molar-refractivity contribution in [1.82, 2.24) is 52.9 Å². The number of unbranched alkanes of at least 4 members (excludes halogenated alkanes) is 1. The third-order valence-corrected chi connectivity index (χ3v) is 20.0. The lowest BCUT2D eigenvalue weighted by Gasteiger charge is -2.38. The van der Waals surface area contributed by atoms with Crippen molar-refractivity contribution < 1.29 is 186 Å². The Morgan fingerprint density at radius 1 is 0.314 bits per heavy atom. The van der Waals surface area contributed by atoms with E-state index in [0.29, 0.717) is 5.06 Å². The van der Waals surface area contributed by atoms with Crippen LogP contribution in [0.3, 0.4) is 0 Å². The molecule has 29 atom stereocenters. The van der Waals surface area contributed by atoms with E-state index in [0.717, 1.165) is 0 Å². The molecule has 48 heteroatoms. The van der Waals surface area contributed by atoms with Gasteiger partial charge in [-0.2, -0.15) is 0 Å². The number of nitrogens with one attached hydrogen (secondary N) is 9. The molecule has 6 heterocycles. The molecule has 0 saturated carbocycles. The van der Waals surface area contributed by atoms with Gasteiger partial charge in [0.1, 0.15) is 116 Å². The van der Waals surface area contributed by atoms with Gasteiger partial charge in [0.25, 0.3) is 11.8 Å². The van der Waals surface area contributed by atoms with Gasteiger partial charge in [0, 0.05) is 84.1 Å². The van der Waals surface area contributed by atoms with Crippen molar-refractivity contribution in [3.8, 4) is 0 Å². The van der Waals surface area contributed by atoms with Crippen molar-refractivity contribution in [1.29, 1.82) is 0 Å². The van der Waals surface area contributed by atoms with Crippen molar-refractivity contribution in [3.63, 3.8) is 0 Å². The minimum atomic E-state index is -1.76. The van der Waals surface area contributed by atoms with Crippen LogP contribution in [0.15, 0.2) is 0 Å². The number of hydroxylamine groups is 2. The third kappa shape index (κ3) is 30.5. The number of hydrogen-bond donors (Lipinski definition) is 24. The van der Waals surface area contributed by atoms with Crippen molar-refractivity contribution in [2.24, 2.45) is 0 Å². The Bertz CT molecular complexity index is 3250. The number of carbonyl (C=O) groups excluding carboxylic acids is 12. The maximum Gasteiger partial charge on any atom is 0.333 e. The van der Waals surface area contributed by atoms with Crippen molar-refractivity contribution in [3.05, 3.63) is 0 Å². The van der Waals surface area contributed by atoms with Crippen LogP contribution >= 0.6 is 0 Å². The van der Waals surface area contributed by atoms with Gasteiger partial charge in [-0.3, -0.25) is 52.7 Å². The summed E-state index contributed by atoms with van der Waals surface area (Å²) in [4.78, 5) is 166. The van der Waals surface area contributed by atoms with Gasteiger partial charge in [0.2, 0.25) is 53.2 Å². The van der Waals surface area contributed by atoms with Crippen LogP contribution in [-0.4, -0.2) is 396 Å². The molecule has 6 rings (SSSR count). The molecule has 48 nitrogen and oxygen atoms in total. The number of hydrogen-bond acceptors (Lipinski definition) is 38. The van der Waals surface area contributed by atoms with Crippen LogP contribution in [0.5, 0.6) is 0 Å². The Morgan fingerprint density at radius 2 is 0.534 bits per heavy atom. The number of amides is 11. The number of carbonyl (C=O) groups is 12. The molecule has 0 aromatic rings. The molecule has 0 spiro atoms. The Morgan fingerprint density at radius 3 is 0.788 bits per heavy atom. The Labute approximate surface area is 676 Å². The summed E-state index contributed by atoms with van der Waals surface area (Å²) in [6, 6.07) is -6.50. The van der Waals surface area contributed by atoms with E-state index in [1.165, 1.54) is 34.6 Å². The summed E-state index contributed by atoms with van der Waals surface area (Å²) < 4.78 is 54.7. The fourth-order valence-corrected chi connectivity index (χ4v) is 12.7. The SMILES string of the molecule is C[C@@H]1O[C@@H](OCCNC(=O)CC[C@H](NC(=O)CC[C@H](NC(=O)CC[C@H](NC(=O)CC[C@H](NC(=O)CCCCC(=O)ON2C(=O)CCC2=O)C(=O)NCCO[C@@H]2O[C@@H](C)[C@@H](O)[C@@H](O)[C@@H]2O)C(=O)NCCO[C@@H]2O[C@@H](C)[C@@H](O)[C@@H](O)[C@@H]2O)C(=O)NCCO[C@@H]2O[C@@H](C)[C@@H](O)[C@@H](O)[C@@H]2O)C(=O)NCCO[C@@H]2O[C@@H](C)[C@@H](O)[C@@H](O)[C@@H]2O)[C@@H](O)[C@H](O)[C@@H]1O. The maximum absolute atomic E-state index is 14.2. The highest BCUT2D eigenvalue weighted by Crippen LogP contribution is 2.27. The molecule has 0 bridgehead atoms. The van der Waals surface area contributed by atoms with Crippen LogP contribution in [0.2, 0.25) is 0 Å². The monoisotopic (exact) mass is 1700 g/mol. The topological polar surface area (TPSA) is 721 Å². The van der Waals surface area contributed by atoms with E-state index in [2.05, 4.69) is 47.9 Å². The summed E-state index contributed by atoms with van der Waals surface area (Å²) in [5.74, 6) is -10.7. The molecule has 674 valence electrons. The van der Waals surface area contributed by atoms with E-state index in [-0.39, 0.29) is 78.0 Å². The highest BCUT2D eigenvalue weighted by molar-refractivity contribution is 6.01. The van der Waals surface area contributed by atoms with E-state index in [1.807, 2.05) is 0 Å². The molecular weight excluding hydrogens is 1590 g/mol. The van der Waals surface area contributed by atoms with Crippen LogP contribution in [0.1, 0.15) is 125 Å². The molecule has 0 unspecified atom stereocenters. The number of imide groups is 1. The molecular formula is C70H116N10O38. The molecule has 6 fully saturated rings. The zero-order chi connectivity index (χ0) is 87.4. The average Bonchev–Trinajstić information content (AvgIpc) is 1.20. The highest BCUT2D eigenvalue weighted by atomic mass is 16.7. The molecule has 6 aliphatic heterocycles. The first-order chi connectivity index (χ1) is 55.8. The van der Waals surface area contributed by atoms with Crippen LogP contribution < -0.4 is 47.9 Å². The van der Waals surface area contributed by atoms with Gasteiger partial charge in [-0.25, -0.2) is 4.79 Å². The predicted molar refractivity (Wildman–Crippen MR) is 387 cm³/mol. The summed E-state index contributed by atoms with van der Waals surface area (Å²) in [7, 11) is 0. The lowest BCUT2D eigenvalue weighted by atomic mass is 10.0. The molecule has 0 aromatic heterocycles. The molecule has 6 aliphatic rings. The van der Waals surface area contributed by atoms with E-state index in [4.69, 9.17) is 52.2 Å². The minimum absolute atomic E-state index is 0.00664. The molecule has 6 saturated heterocycles. The Balaban J connectivity index is 1.16. The van der Waals surface area contributed by atoms with Crippen LogP contribution in [0.4, 0.5) is 0 Å². The molecule has 0 aliphatic carbocycles. The number of nitrogens with zero attached hydrogens (tertiary/aromatic N) is 1. The standard InChI is InChI=1S/C70H116N10O38/c1-30-47(89)52(94)57(99)66(113-30)108-25-20-71-39(81)14-10-35(62(104)72-21-26-109-67-58(100)53(95)48(90)31(2)114-67)77-41(83)16-12-37(64(106)74-23-28-111-69-60(102)55(97)50(92)33(4)116-69)79-43(85)17-13-38(65(107)75-24-29-112-70-61(103)56(98)51(93)34(5)117-70)78-42(84)15-11-36(63(105)73-22-27-110-68-59(101)54(96)49(91)32(3)115-68)76-40(82)8-6-7-9-46(88)118-80-44(86)18-19-45(80)87/h30-38,47-61,66-70,89-103H,6-29H2,1-5H3,(H,71,81)(H,72,104)(H,73,105)(H,74,106)(H,75,107)(H,76,82)(H,77,83)(H,78,84)(H,79,85)/t30-,31-,32-,33-,34-,35-,36-,37-,38-,47+,48+,49+,50+,51+,52+,53+,54+,55+,56+,57-,58-,59-,60-,61-,66+,67+,68+,69+,70+/m0/s1. The fourth-order valence-electron chi connectivity index (χ4n) is 12.7. The van der Waals surface area contributed by atoms with Gasteiger partial charge in [-0.05, 0) is 73.1 Å². The van der Waals surface area contributed by atoms with Gasteiger partial charge in [-0.15, -0.1) is 5.06 Å². The molecule has 118 heavy (non-hydrogen) atoms. The number of aliphatic hydroxyl groups is 15. The van der Waals surface area contributed by atoms with Gasteiger partial charge in [0.05, 0.1) is 63.6 Å². The van der Waals surface area contributed by atoms with E-state index >= 15 is 0 Å². The van der Waals surface area contributed by atoms with Crippen molar-refractivity contribution >= 4 is 70.9 Å². The van der Waals surface area contributed by atoms with Gasteiger partial charge in [0.15, 0.2) is 31.5 Å². The zero-order valence-corrected chi connectivity index (χ0v) is 65.8. The quantitative estimate of drug-likeness (QED) is 0.0199. The molecule has 11 amide bonds. The van der Waals surface area contributed by atoms with E-state index < -0.39 is 326 Å². The second-order valence-corrected chi connectivity index (χ2v) is 29.2. The molecule has 24 N–H and O–H groups in total. The average molecular weight is 1710 g/mol. The van der Waals surface area contributed by atoms with Gasteiger partial charge >= 0.3 is 5.97 Å². The largest absolute Gasteiger partial charge is 0.388 e. The number of aliphatic hydroxyl groups excluding tert-OH is 15. The normalized spacial score (nSPS) is 32.7. The molecule has 0 aromatic carbocycles. The summed E-state index contributed by atoms with van der Waals surface area (Å²) in [5.41, 5.74) is 0. The summed E-state index contributed by atoms with van der Waals surface area (Å²) in [5, 5.41) is 177. The van der Waals surface area contributed by atoms with Gasteiger partial charge < -0.3 is 177 Å². The summed E-state index contributed by atoms with van der Waals surface area (Å²) in [6.07, 6.45) is -42.2. The first kappa shape index (κ1) is 99.7. The van der Waals surface area contributed by atoms with Crippen LogP contribution in [0, 0.1) is 0 Å². The summed E-state index contributed by atoms with van der Waals surface area (Å²) in [6.45, 7) is 3.34. The molecule has 0 radical (unpaired) electrons. The maximum atomic E-state index is 14.2. The first-order valence-corrected chi connectivity index (χ1v) is 39.0. The summed E-state index contributed by atoms with van der Waals surface area (Å²) >= 11 is 0. The van der Waals surface area contributed by atoms with Crippen molar-refractivity contribution in [2.75, 3.05) is 65.8 Å². The minimum Gasteiger partial charge on any atom is -0.388 e. The lowest BCUT2D eigenvalue weighted by molar-refractivity contribution is -0.292. The predicted octanol–water partition coefficient (Wildman–Crippen LogP) is -13.0. The smallest absolute Gasteiger partial charge is 0.333 e. The highest BCUT2D eigenvalue weighted by Gasteiger charge is 2.48. The second-order valence-electron chi connectivity index (χ2n) is 29.2. The third-order valence-electron chi connectivity index (χ3n) is 20.0. The van der Waals surface area contributed by atoms with E-state index in [9.17, 15) is 134 Å². The lowest BCUT2D eigenvalue weighted by Crippen LogP contribution is -2.57. The van der Waals surface area contributed by atoms with Crippen molar-refractivity contribution in [2.45, 2.75) is 302 Å². The van der Waals surface area contributed by atoms with E-state index in [1.54, 1.807) is 0 Å². The van der Waals surface area contributed by atoms with Gasteiger partial charge in [-0.1, -0.05) is 0 Å².